The standard InChI is InChI=1S/C20H26N2O3S/c1-12(2)14-5-6-15(16(9-14)13(3)4)17(23)10-22-18(24)20(21-19(22)25)7-8-26-11-20/h5-6,9,12-13H,7-8,10-11H2,1-4H3,(H,21,25)/t20-/m0/s1. The molecule has 140 valence electrons. The molecule has 0 unspecified atom stereocenters. The third-order valence-electron chi connectivity index (χ3n) is 5.23. The Bertz CT molecular complexity index is 751. The summed E-state index contributed by atoms with van der Waals surface area (Å²) < 4.78 is 0. The molecule has 0 saturated carbocycles. The second-order valence-corrected chi connectivity index (χ2v) is 8.89. The second-order valence-electron chi connectivity index (χ2n) is 7.79. The van der Waals surface area contributed by atoms with E-state index in [1.54, 1.807) is 11.8 Å². The zero-order valence-corrected chi connectivity index (χ0v) is 16.6. The number of benzene rings is 1. The molecule has 0 bridgehead atoms. The number of rotatable bonds is 5. The zero-order valence-electron chi connectivity index (χ0n) is 15.8. The van der Waals surface area contributed by atoms with Crippen LogP contribution in [0.3, 0.4) is 0 Å². The quantitative estimate of drug-likeness (QED) is 0.632. The summed E-state index contributed by atoms with van der Waals surface area (Å²) in [5, 5.41) is 2.81. The lowest BCUT2D eigenvalue weighted by Crippen LogP contribution is -2.47. The number of amides is 3. The molecule has 1 aromatic rings. The lowest BCUT2D eigenvalue weighted by Gasteiger charge is -2.20. The minimum absolute atomic E-state index is 0.185. The van der Waals surface area contributed by atoms with E-state index < -0.39 is 11.6 Å². The summed E-state index contributed by atoms with van der Waals surface area (Å²) in [6.45, 7) is 8.14. The maximum atomic E-state index is 12.9. The SMILES string of the molecule is CC(C)c1ccc(C(=O)CN2C(=O)N[C@]3(CCSC3)C2=O)c(C(C)C)c1. The van der Waals surface area contributed by atoms with Crippen molar-refractivity contribution in [2.24, 2.45) is 0 Å². The molecule has 2 aliphatic heterocycles. The molecule has 0 aliphatic carbocycles. The number of imide groups is 1. The number of carbonyl (C=O) groups excluding carboxylic acids is 3. The highest BCUT2D eigenvalue weighted by Crippen LogP contribution is 2.33. The van der Waals surface area contributed by atoms with Crippen LogP contribution >= 0.6 is 11.8 Å². The molecule has 3 rings (SSSR count). The molecule has 6 heteroatoms. The van der Waals surface area contributed by atoms with Crippen molar-refractivity contribution in [3.05, 3.63) is 34.9 Å². The van der Waals surface area contributed by atoms with Crippen molar-refractivity contribution in [2.45, 2.75) is 51.5 Å². The minimum Gasteiger partial charge on any atom is -0.322 e. The molecule has 1 N–H and O–H groups in total. The number of thioether (sulfide) groups is 1. The fourth-order valence-electron chi connectivity index (χ4n) is 3.55. The van der Waals surface area contributed by atoms with Gasteiger partial charge in [-0.1, -0.05) is 45.9 Å². The highest BCUT2D eigenvalue weighted by atomic mass is 32.2. The molecule has 1 atom stereocenters. The summed E-state index contributed by atoms with van der Waals surface area (Å²) in [6, 6.07) is 5.43. The van der Waals surface area contributed by atoms with Crippen molar-refractivity contribution in [2.75, 3.05) is 18.1 Å². The first-order valence-electron chi connectivity index (χ1n) is 9.14. The van der Waals surface area contributed by atoms with E-state index in [2.05, 4.69) is 39.1 Å². The van der Waals surface area contributed by atoms with Crippen LogP contribution in [0.25, 0.3) is 0 Å². The lowest BCUT2D eigenvalue weighted by molar-refractivity contribution is -0.130. The number of nitrogens with one attached hydrogen (secondary N) is 1. The Balaban J connectivity index is 1.84. The van der Waals surface area contributed by atoms with Gasteiger partial charge in [0, 0.05) is 11.3 Å². The van der Waals surface area contributed by atoms with Crippen LogP contribution in [0.2, 0.25) is 0 Å². The fraction of sp³-hybridized carbons (Fsp3) is 0.550. The summed E-state index contributed by atoms with van der Waals surface area (Å²) in [5.74, 6) is 1.56. The average molecular weight is 375 g/mol. The predicted molar refractivity (Wildman–Crippen MR) is 104 cm³/mol. The summed E-state index contributed by atoms with van der Waals surface area (Å²) >= 11 is 1.66. The van der Waals surface area contributed by atoms with E-state index in [9.17, 15) is 14.4 Å². The van der Waals surface area contributed by atoms with Crippen molar-refractivity contribution in [3.63, 3.8) is 0 Å². The van der Waals surface area contributed by atoms with E-state index in [4.69, 9.17) is 0 Å². The molecule has 26 heavy (non-hydrogen) atoms. The Labute approximate surface area is 158 Å². The molecule has 2 saturated heterocycles. The normalized spacial score (nSPS) is 22.8. The van der Waals surface area contributed by atoms with E-state index in [0.29, 0.717) is 23.7 Å². The smallest absolute Gasteiger partial charge is 0.322 e. The van der Waals surface area contributed by atoms with Gasteiger partial charge < -0.3 is 5.32 Å². The number of hydrogen-bond acceptors (Lipinski definition) is 4. The van der Waals surface area contributed by atoms with E-state index >= 15 is 0 Å². The van der Waals surface area contributed by atoms with Gasteiger partial charge in [0.15, 0.2) is 5.78 Å². The summed E-state index contributed by atoms with van der Waals surface area (Å²) in [6.07, 6.45) is 0.632. The van der Waals surface area contributed by atoms with Crippen LogP contribution in [0.15, 0.2) is 18.2 Å². The van der Waals surface area contributed by atoms with Gasteiger partial charge in [-0.05, 0) is 35.1 Å². The monoisotopic (exact) mass is 374 g/mol. The third-order valence-corrected chi connectivity index (χ3v) is 6.42. The molecule has 2 heterocycles. The van der Waals surface area contributed by atoms with Crippen LogP contribution in [0.4, 0.5) is 4.79 Å². The number of ketones is 1. The highest BCUT2D eigenvalue weighted by Gasteiger charge is 2.53. The van der Waals surface area contributed by atoms with Crippen LogP contribution in [0, 0.1) is 0 Å². The molecule has 2 aliphatic rings. The van der Waals surface area contributed by atoms with Gasteiger partial charge in [-0.15, -0.1) is 0 Å². The van der Waals surface area contributed by atoms with Crippen LogP contribution in [0.5, 0.6) is 0 Å². The van der Waals surface area contributed by atoms with Crippen LogP contribution in [0.1, 0.15) is 67.4 Å². The van der Waals surface area contributed by atoms with E-state index in [1.807, 2.05) is 12.1 Å². The van der Waals surface area contributed by atoms with Gasteiger partial charge in [-0.2, -0.15) is 11.8 Å². The van der Waals surface area contributed by atoms with Gasteiger partial charge in [-0.25, -0.2) is 4.79 Å². The van der Waals surface area contributed by atoms with Crippen LogP contribution in [-0.2, 0) is 4.79 Å². The van der Waals surface area contributed by atoms with Gasteiger partial charge in [-0.3, -0.25) is 14.5 Å². The highest BCUT2D eigenvalue weighted by molar-refractivity contribution is 7.99. The first-order valence-corrected chi connectivity index (χ1v) is 10.3. The van der Waals surface area contributed by atoms with Crippen molar-refractivity contribution in [1.29, 1.82) is 0 Å². The maximum Gasteiger partial charge on any atom is 0.325 e. The van der Waals surface area contributed by atoms with E-state index in [0.717, 1.165) is 16.2 Å². The molecule has 1 aromatic carbocycles. The van der Waals surface area contributed by atoms with Gasteiger partial charge in [0.05, 0.1) is 6.54 Å². The Hall–Kier alpha value is -1.82. The van der Waals surface area contributed by atoms with Crippen LogP contribution < -0.4 is 5.32 Å². The number of urea groups is 1. The Morgan fingerprint density at radius 1 is 1.23 bits per heavy atom. The molecule has 0 aromatic heterocycles. The van der Waals surface area contributed by atoms with Crippen molar-refractivity contribution in [1.82, 2.24) is 10.2 Å². The molecular formula is C20H26N2O3S. The topological polar surface area (TPSA) is 66.5 Å². The average Bonchev–Trinajstić information content (AvgIpc) is 3.15. The van der Waals surface area contributed by atoms with Gasteiger partial charge >= 0.3 is 6.03 Å². The molecule has 2 fully saturated rings. The van der Waals surface area contributed by atoms with Crippen molar-refractivity contribution >= 4 is 29.5 Å². The molecule has 5 nitrogen and oxygen atoms in total. The van der Waals surface area contributed by atoms with E-state index in [1.165, 1.54) is 5.56 Å². The number of carbonyl (C=O) groups is 3. The molecule has 0 radical (unpaired) electrons. The zero-order chi connectivity index (χ0) is 19.1. The predicted octanol–water partition coefficient (Wildman–Crippen LogP) is 3.54. The Morgan fingerprint density at radius 2 is 1.96 bits per heavy atom. The molecule has 1 spiro atoms. The number of nitrogens with zero attached hydrogens (tertiary/aromatic N) is 1. The Morgan fingerprint density at radius 3 is 2.54 bits per heavy atom. The van der Waals surface area contributed by atoms with Crippen molar-refractivity contribution in [3.8, 4) is 0 Å². The van der Waals surface area contributed by atoms with Crippen LogP contribution in [-0.4, -0.2) is 46.2 Å². The maximum absolute atomic E-state index is 12.9. The van der Waals surface area contributed by atoms with Gasteiger partial charge in [0.2, 0.25) is 0 Å². The first-order chi connectivity index (χ1) is 12.2. The van der Waals surface area contributed by atoms with Crippen molar-refractivity contribution < 1.29 is 14.4 Å². The molecular weight excluding hydrogens is 348 g/mol. The first kappa shape index (κ1) is 19.0. The molecule has 3 amide bonds. The number of Topliss-reactive ketones (excluding diaryl/α,β-unsaturated/α-hetero) is 1. The minimum atomic E-state index is -0.801. The third kappa shape index (κ3) is 3.27. The second kappa shape index (κ2) is 7.06. The fourth-order valence-corrected chi connectivity index (χ4v) is 4.88. The van der Waals surface area contributed by atoms with Gasteiger partial charge in [0.25, 0.3) is 5.91 Å². The lowest BCUT2D eigenvalue weighted by atomic mass is 9.90. The van der Waals surface area contributed by atoms with Gasteiger partial charge in [0.1, 0.15) is 5.54 Å². The summed E-state index contributed by atoms with van der Waals surface area (Å²) in [7, 11) is 0. The largest absolute Gasteiger partial charge is 0.325 e. The summed E-state index contributed by atoms with van der Waals surface area (Å²) in [5.41, 5.74) is 1.96. The van der Waals surface area contributed by atoms with E-state index in [-0.39, 0.29) is 24.2 Å². The Kier molecular flexibility index (Phi) is 5.15. The summed E-state index contributed by atoms with van der Waals surface area (Å²) in [4.78, 5) is 39.1. The number of hydrogen-bond donors (Lipinski definition) is 1.